The molecule has 0 radical (unpaired) electrons. The molecule has 0 bridgehead atoms. The number of hydrogen-bond donors (Lipinski definition) is 2. The molecule has 10 heteroatoms. The Morgan fingerprint density at radius 2 is 1.88 bits per heavy atom. The zero-order valence-electron chi connectivity index (χ0n) is 19.0. The third-order valence-electron chi connectivity index (χ3n) is 5.79. The second kappa shape index (κ2) is 13.7. The van der Waals surface area contributed by atoms with Crippen LogP contribution in [0.5, 0.6) is 5.75 Å². The molecule has 2 aliphatic rings. The minimum atomic E-state index is -0.240. The first-order chi connectivity index (χ1) is 15.1. The number of benzene rings is 1. The van der Waals surface area contributed by atoms with E-state index in [0.29, 0.717) is 32.2 Å². The molecule has 0 spiro atoms. The maximum Gasteiger partial charge on any atom is 0.409 e. The summed E-state index contributed by atoms with van der Waals surface area (Å²) in [6.45, 7) is 7.28. The summed E-state index contributed by atoms with van der Waals surface area (Å²) in [7, 11) is 1.67. The van der Waals surface area contributed by atoms with Crippen molar-refractivity contribution < 1.29 is 19.0 Å². The van der Waals surface area contributed by atoms with E-state index in [-0.39, 0.29) is 42.2 Å². The van der Waals surface area contributed by atoms with Gasteiger partial charge in [-0.3, -0.25) is 9.89 Å². The minimum absolute atomic E-state index is 0. The molecule has 32 heavy (non-hydrogen) atoms. The average molecular weight is 561 g/mol. The molecule has 2 heterocycles. The van der Waals surface area contributed by atoms with Crippen molar-refractivity contribution in [3.05, 3.63) is 29.8 Å². The van der Waals surface area contributed by atoms with Gasteiger partial charge in [-0.25, -0.2) is 4.79 Å². The zero-order valence-corrected chi connectivity index (χ0v) is 21.3. The predicted molar refractivity (Wildman–Crippen MR) is 135 cm³/mol. The summed E-state index contributed by atoms with van der Waals surface area (Å²) in [6.07, 6.45) is 1.40. The van der Waals surface area contributed by atoms with E-state index < -0.39 is 0 Å². The van der Waals surface area contributed by atoms with E-state index >= 15 is 0 Å². The fraction of sp³-hybridized carbons (Fsp3) is 0.636. The van der Waals surface area contributed by atoms with Gasteiger partial charge < -0.3 is 30.2 Å². The minimum Gasteiger partial charge on any atom is -0.497 e. The van der Waals surface area contributed by atoms with E-state index in [2.05, 4.69) is 27.3 Å². The number of rotatable bonds is 7. The van der Waals surface area contributed by atoms with Crippen molar-refractivity contribution in [2.45, 2.75) is 31.8 Å². The quantitative estimate of drug-likeness (QED) is 0.299. The van der Waals surface area contributed by atoms with Crippen molar-refractivity contribution >= 4 is 36.0 Å². The number of amides is 1. The molecule has 3 N–H and O–H groups in total. The Morgan fingerprint density at radius 3 is 2.47 bits per heavy atom. The summed E-state index contributed by atoms with van der Waals surface area (Å²) in [6, 6.07) is 8.46. The number of ether oxygens (including phenoxy) is 3. The highest BCUT2D eigenvalue weighted by molar-refractivity contribution is 14.0. The Bertz CT molecular complexity index is 720. The molecule has 0 aliphatic carbocycles. The van der Waals surface area contributed by atoms with E-state index in [0.717, 1.165) is 44.9 Å². The molecular formula is C22H36IN5O4. The van der Waals surface area contributed by atoms with Crippen LogP contribution >= 0.6 is 24.0 Å². The number of halogens is 1. The smallest absolute Gasteiger partial charge is 0.409 e. The van der Waals surface area contributed by atoms with Crippen molar-refractivity contribution in [2.24, 2.45) is 10.7 Å². The van der Waals surface area contributed by atoms with Gasteiger partial charge in [0.2, 0.25) is 0 Å². The van der Waals surface area contributed by atoms with Crippen LogP contribution in [0, 0.1) is 0 Å². The van der Waals surface area contributed by atoms with Crippen molar-refractivity contribution in [1.82, 2.24) is 15.1 Å². The molecule has 1 unspecified atom stereocenters. The first-order valence-electron chi connectivity index (χ1n) is 11.0. The van der Waals surface area contributed by atoms with E-state index in [1.807, 2.05) is 19.1 Å². The molecule has 1 aromatic carbocycles. The summed E-state index contributed by atoms with van der Waals surface area (Å²) < 4.78 is 15.9. The fourth-order valence-corrected chi connectivity index (χ4v) is 4.01. The van der Waals surface area contributed by atoms with Crippen molar-refractivity contribution in [3.8, 4) is 5.75 Å². The van der Waals surface area contributed by atoms with Gasteiger partial charge in [0.15, 0.2) is 5.96 Å². The molecule has 9 nitrogen and oxygen atoms in total. The molecule has 2 aliphatic heterocycles. The first kappa shape index (κ1) is 26.5. The number of carbonyl (C=O) groups is 1. The number of likely N-dealkylation sites (tertiary alicyclic amines) is 1. The van der Waals surface area contributed by atoms with Crippen LogP contribution in [0.15, 0.2) is 29.3 Å². The summed E-state index contributed by atoms with van der Waals surface area (Å²) in [5, 5.41) is 3.32. The molecule has 1 amide bonds. The van der Waals surface area contributed by atoms with E-state index in [1.165, 1.54) is 5.56 Å². The SMILES string of the molecule is CCOC(=O)N1CCC(NC(N)=NCC(c2ccc(OC)cc2)N2CCOCC2)CC1.I. The monoisotopic (exact) mass is 561 g/mol. The van der Waals surface area contributed by atoms with Gasteiger partial charge in [0, 0.05) is 32.2 Å². The third kappa shape index (κ3) is 7.66. The van der Waals surface area contributed by atoms with Crippen molar-refractivity contribution in [1.29, 1.82) is 0 Å². The van der Waals surface area contributed by atoms with Gasteiger partial charge in [-0.15, -0.1) is 24.0 Å². The molecule has 1 atom stereocenters. The van der Waals surface area contributed by atoms with Gasteiger partial charge in [-0.2, -0.15) is 0 Å². The molecule has 0 aromatic heterocycles. The second-order valence-corrected chi connectivity index (χ2v) is 7.77. The standard InChI is InChI=1S/C22H35N5O4.HI/c1-3-31-22(28)27-10-8-18(9-11-27)25-21(23)24-16-20(26-12-14-30-15-13-26)17-4-6-19(29-2)7-5-17;/h4-7,18,20H,3,8-16H2,1-2H3,(H3,23,24,25);1H. The lowest BCUT2D eigenvalue weighted by molar-refractivity contribution is 0.0179. The fourth-order valence-electron chi connectivity index (χ4n) is 4.01. The van der Waals surface area contributed by atoms with E-state index in [4.69, 9.17) is 19.9 Å². The average Bonchev–Trinajstić information content (AvgIpc) is 2.81. The van der Waals surface area contributed by atoms with Crippen LogP contribution in [0.25, 0.3) is 0 Å². The maximum atomic E-state index is 11.8. The number of nitrogens with two attached hydrogens (primary N) is 1. The van der Waals surface area contributed by atoms with E-state index in [9.17, 15) is 4.79 Å². The predicted octanol–water partition coefficient (Wildman–Crippen LogP) is 2.21. The first-order valence-corrected chi connectivity index (χ1v) is 11.0. The van der Waals surface area contributed by atoms with Crippen molar-refractivity contribution in [2.75, 3.05) is 59.7 Å². The van der Waals surface area contributed by atoms with Crippen LogP contribution in [-0.2, 0) is 9.47 Å². The Morgan fingerprint density at radius 1 is 1.22 bits per heavy atom. The molecule has 180 valence electrons. The largest absolute Gasteiger partial charge is 0.497 e. The second-order valence-electron chi connectivity index (χ2n) is 7.77. The number of morpholine rings is 1. The van der Waals surface area contributed by atoms with Gasteiger partial charge in [-0.05, 0) is 37.5 Å². The van der Waals surface area contributed by atoms with Gasteiger partial charge in [0.25, 0.3) is 0 Å². The number of aliphatic imine (C=N–C) groups is 1. The van der Waals surface area contributed by atoms with Crippen LogP contribution in [0.4, 0.5) is 4.79 Å². The number of carbonyl (C=O) groups excluding carboxylic acids is 1. The summed E-state index contributed by atoms with van der Waals surface area (Å²) in [5.74, 6) is 1.28. The number of nitrogens with one attached hydrogen (secondary N) is 1. The topological polar surface area (TPSA) is 102 Å². The van der Waals surface area contributed by atoms with Crippen LogP contribution in [0.2, 0.25) is 0 Å². The Balaban J connectivity index is 0.00000363. The highest BCUT2D eigenvalue weighted by atomic mass is 127. The highest BCUT2D eigenvalue weighted by Gasteiger charge is 2.25. The van der Waals surface area contributed by atoms with Crippen LogP contribution < -0.4 is 15.8 Å². The van der Waals surface area contributed by atoms with Crippen LogP contribution in [-0.4, -0.2) is 87.5 Å². The van der Waals surface area contributed by atoms with Gasteiger partial charge in [0.05, 0.1) is 39.5 Å². The lowest BCUT2D eigenvalue weighted by Crippen LogP contribution is -2.48. The number of hydrogen-bond acceptors (Lipinski definition) is 6. The van der Waals surface area contributed by atoms with Crippen LogP contribution in [0.1, 0.15) is 31.4 Å². The summed E-state index contributed by atoms with van der Waals surface area (Å²) in [4.78, 5) is 20.6. The van der Waals surface area contributed by atoms with Crippen molar-refractivity contribution in [3.63, 3.8) is 0 Å². The molecule has 2 saturated heterocycles. The summed E-state index contributed by atoms with van der Waals surface area (Å²) in [5.41, 5.74) is 7.40. The molecule has 0 saturated carbocycles. The lowest BCUT2D eigenvalue weighted by atomic mass is 10.0. The highest BCUT2D eigenvalue weighted by Crippen LogP contribution is 2.24. The van der Waals surface area contributed by atoms with Gasteiger partial charge in [0.1, 0.15) is 5.75 Å². The normalized spacial score (nSPS) is 19.1. The van der Waals surface area contributed by atoms with Gasteiger partial charge in [-0.1, -0.05) is 12.1 Å². The number of guanidine groups is 1. The molecule has 2 fully saturated rings. The number of methoxy groups -OCH3 is 1. The lowest BCUT2D eigenvalue weighted by Gasteiger charge is -2.34. The number of nitrogens with zero attached hydrogens (tertiary/aromatic N) is 3. The van der Waals surface area contributed by atoms with Gasteiger partial charge >= 0.3 is 6.09 Å². The molecule has 3 rings (SSSR count). The summed E-state index contributed by atoms with van der Waals surface area (Å²) >= 11 is 0. The third-order valence-corrected chi connectivity index (χ3v) is 5.79. The van der Waals surface area contributed by atoms with E-state index in [1.54, 1.807) is 12.0 Å². The molecular weight excluding hydrogens is 525 g/mol. The Hall–Kier alpha value is -1.79. The van der Waals surface area contributed by atoms with Crippen LogP contribution in [0.3, 0.4) is 0 Å². The number of piperidine rings is 1. The Labute approximate surface area is 207 Å². The molecule has 1 aromatic rings. The zero-order chi connectivity index (χ0) is 22.1. The Kier molecular flexibility index (Phi) is 11.3. The maximum absolute atomic E-state index is 11.8.